The number of sulfonamides is 1. The van der Waals surface area contributed by atoms with Crippen molar-refractivity contribution >= 4 is 37.4 Å². The Morgan fingerprint density at radius 3 is 2.06 bits per heavy atom. The summed E-state index contributed by atoms with van der Waals surface area (Å²) in [4.78, 5) is 14.7. The van der Waals surface area contributed by atoms with Crippen LogP contribution in [0.5, 0.6) is 0 Å². The molecule has 7 nitrogen and oxygen atoms in total. The number of benzene rings is 2. The van der Waals surface area contributed by atoms with Crippen LogP contribution in [0.1, 0.15) is 30.6 Å². The number of sulfone groups is 1. The molecule has 0 spiro atoms. The Hall–Kier alpha value is -1.94. The number of hydrogen-bond donors (Lipinski definition) is 0. The van der Waals surface area contributed by atoms with Crippen LogP contribution in [0.2, 0.25) is 5.02 Å². The van der Waals surface area contributed by atoms with Crippen LogP contribution in [0.25, 0.3) is 0 Å². The second-order valence-electron chi connectivity index (χ2n) is 7.27. The molecule has 31 heavy (non-hydrogen) atoms. The molecule has 0 bridgehead atoms. The molecule has 0 saturated carbocycles. The van der Waals surface area contributed by atoms with Crippen LogP contribution in [0.15, 0.2) is 58.3 Å². The highest BCUT2D eigenvalue weighted by Crippen LogP contribution is 2.26. The van der Waals surface area contributed by atoms with Gasteiger partial charge in [-0.3, -0.25) is 4.79 Å². The first-order valence-electron chi connectivity index (χ1n) is 10.00. The summed E-state index contributed by atoms with van der Waals surface area (Å²) in [5.74, 6) is -0.319. The summed E-state index contributed by atoms with van der Waals surface area (Å²) in [5.41, 5.74) is 0.322. The van der Waals surface area contributed by atoms with Crippen molar-refractivity contribution in [3.8, 4) is 0 Å². The molecule has 2 aromatic carbocycles. The van der Waals surface area contributed by atoms with Crippen molar-refractivity contribution in [2.75, 3.05) is 26.2 Å². The molecule has 0 aromatic heterocycles. The summed E-state index contributed by atoms with van der Waals surface area (Å²) < 4.78 is 52.3. The van der Waals surface area contributed by atoms with Gasteiger partial charge in [-0.15, -0.1) is 0 Å². The Labute approximate surface area is 188 Å². The van der Waals surface area contributed by atoms with Gasteiger partial charge in [0, 0.05) is 36.8 Å². The molecule has 0 N–H and O–H groups in total. The maximum Gasteiger partial charge on any atom is 0.253 e. The van der Waals surface area contributed by atoms with Gasteiger partial charge in [0.1, 0.15) is 0 Å². The third kappa shape index (κ3) is 4.79. The van der Waals surface area contributed by atoms with Gasteiger partial charge in [-0.25, -0.2) is 16.8 Å². The van der Waals surface area contributed by atoms with Crippen molar-refractivity contribution in [1.82, 2.24) is 9.21 Å². The lowest BCUT2D eigenvalue weighted by Crippen LogP contribution is -2.32. The van der Waals surface area contributed by atoms with Gasteiger partial charge in [-0.2, -0.15) is 4.31 Å². The van der Waals surface area contributed by atoms with E-state index in [1.54, 1.807) is 13.8 Å². The summed E-state index contributed by atoms with van der Waals surface area (Å²) in [7, 11) is -7.19. The predicted molar refractivity (Wildman–Crippen MR) is 119 cm³/mol. The van der Waals surface area contributed by atoms with Gasteiger partial charge < -0.3 is 4.90 Å². The van der Waals surface area contributed by atoms with Gasteiger partial charge in [0.05, 0.1) is 15.0 Å². The van der Waals surface area contributed by atoms with Crippen LogP contribution in [0, 0.1) is 0 Å². The smallest absolute Gasteiger partial charge is 0.253 e. The summed E-state index contributed by atoms with van der Waals surface area (Å²) in [5, 5.41) is -0.242. The normalized spacial score (nSPS) is 17.3. The van der Waals surface area contributed by atoms with Crippen LogP contribution in [-0.4, -0.2) is 63.4 Å². The number of likely N-dealkylation sites (tertiary alicyclic amines) is 1. The standard InChI is InChI=1S/C21H25ClN2O5S2/c1-3-24(4-2)31(28,29)19-9-5-16(6-10-19)21(25)23-14-13-20(15-23)30(26,27)18-11-7-17(22)8-12-18/h5-12,20H,3-4,13-15H2,1-2H3. The Bertz CT molecular complexity index is 1140. The molecular formula is C21H25ClN2O5S2. The molecule has 168 valence electrons. The number of carbonyl (C=O) groups excluding carboxylic acids is 1. The molecule has 1 amide bonds. The SMILES string of the molecule is CCN(CC)S(=O)(=O)c1ccc(C(=O)N2CCC(S(=O)(=O)c3ccc(Cl)cc3)C2)cc1. The van der Waals surface area contributed by atoms with Crippen LogP contribution >= 0.6 is 11.6 Å². The van der Waals surface area contributed by atoms with Crippen LogP contribution in [0.4, 0.5) is 0 Å². The first kappa shape index (κ1) is 23.7. The van der Waals surface area contributed by atoms with E-state index in [9.17, 15) is 21.6 Å². The highest BCUT2D eigenvalue weighted by Gasteiger charge is 2.36. The molecule has 0 aliphatic carbocycles. The van der Waals surface area contributed by atoms with Crippen LogP contribution in [-0.2, 0) is 19.9 Å². The van der Waals surface area contributed by atoms with Crippen molar-refractivity contribution in [3.63, 3.8) is 0 Å². The zero-order valence-electron chi connectivity index (χ0n) is 17.4. The van der Waals surface area contributed by atoms with E-state index in [-0.39, 0.29) is 22.2 Å². The second-order valence-corrected chi connectivity index (χ2v) is 11.9. The van der Waals surface area contributed by atoms with Gasteiger partial charge in [-0.05, 0) is 55.0 Å². The summed E-state index contributed by atoms with van der Waals surface area (Å²) >= 11 is 5.84. The lowest BCUT2D eigenvalue weighted by molar-refractivity contribution is 0.0793. The van der Waals surface area contributed by atoms with Gasteiger partial charge in [0.2, 0.25) is 10.0 Å². The van der Waals surface area contributed by atoms with E-state index in [1.807, 2.05) is 0 Å². The van der Waals surface area contributed by atoms with E-state index in [4.69, 9.17) is 11.6 Å². The molecule has 1 saturated heterocycles. The molecule has 3 rings (SSSR count). The topological polar surface area (TPSA) is 91.8 Å². The van der Waals surface area contributed by atoms with Crippen molar-refractivity contribution in [2.24, 2.45) is 0 Å². The molecule has 10 heteroatoms. The molecule has 0 radical (unpaired) electrons. The minimum atomic E-state index is -3.60. The maximum absolute atomic E-state index is 12.9. The van der Waals surface area contributed by atoms with E-state index in [0.29, 0.717) is 36.6 Å². The third-order valence-corrected chi connectivity index (χ3v) is 9.97. The lowest BCUT2D eigenvalue weighted by atomic mass is 10.2. The van der Waals surface area contributed by atoms with E-state index >= 15 is 0 Å². The number of halogens is 1. The fourth-order valence-corrected chi connectivity index (χ4v) is 6.92. The highest BCUT2D eigenvalue weighted by atomic mass is 35.5. The molecule has 1 atom stereocenters. The lowest BCUT2D eigenvalue weighted by Gasteiger charge is -2.19. The number of hydrogen-bond acceptors (Lipinski definition) is 5. The second kappa shape index (κ2) is 9.28. The fourth-order valence-electron chi connectivity index (χ4n) is 3.65. The van der Waals surface area contributed by atoms with E-state index in [0.717, 1.165) is 0 Å². The first-order chi connectivity index (χ1) is 14.6. The minimum absolute atomic E-state index is 0.0866. The largest absolute Gasteiger partial charge is 0.337 e. The zero-order chi connectivity index (χ0) is 22.8. The minimum Gasteiger partial charge on any atom is -0.337 e. The van der Waals surface area contributed by atoms with Crippen LogP contribution in [0.3, 0.4) is 0 Å². The van der Waals surface area contributed by atoms with Gasteiger partial charge in [0.15, 0.2) is 9.84 Å². The molecule has 2 aromatic rings. The average molecular weight is 485 g/mol. The number of amides is 1. The van der Waals surface area contributed by atoms with Gasteiger partial charge in [-0.1, -0.05) is 25.4 Å². The summed E-state index contributed by atoms with van der Waals surface area (Å²) in [6.07, 6.45) is 0.338. The van der Waals surface area contributed by atoms with Crippen molar-refractivity contribution in [3.05, 3.63) is 59.1 Å². The maximum atomic E-state index is 12.9. The monoisotopic (exact) mass is 484 g/mol. The molecule has 1 aliphatic heterocycles. The first-order valence-corrected chi connectivity index (χ1v) is 13.4. The Kier molecular flexibility index (Phi) is 7.10. The van der Waals surface area contributed by atoms with Crippen molar-refractivity contribution < 1.29 is 21.6 Å². The molecule has 1 unspecified atom stereocenters. The average Bonchev–Trinajstić information content (AvgIpc) is 3.25. The molecule has 1 heterocycles. The number of carbonyl (C=O) groups is 1. The van der Waals surface area contributed by atoms with Crippen molar-refractivity contribution in [2.45, 2.75) is 35.3 Å². The predicted octanol–water partition coefficient (Wildman–Crippen LogP) is 3.06. The summed E-state index contributed by atoms with van der Waals surface area (Å²) in [6, 6.07) is 11.8. The Morgan fingerprint density at radius 2 is 1.52 bits per heavy atom. The molecule has 1 fully saturated rings. The zero-order valence-corrected chi connectivity index (χ0v) is 19.8. The van der Waals surface area contributed by atoms with E-state index in [1.165, 1.54) is 57.7 Å². The molecule has 1 aliphatic rings. The number of nitrogens with zero attached hydrogens (tertiary/aromatic N) is 2. The van der Waals surface area contributed by atoms with Crippen molar-refractivity contribution in [1.29, 1.82) is 0 Å². The summed E-state index contributed by atoms with van der Waals surface area (Å²) in [6.45, 7) is 4.65. The Balaban J connectivity index is 1.74. The van der Waals surface area contributed by atoms with Crippen LogP contribution < -0.4 is 0 Å². The molecular weight excluding hydrogens is 460 g/mol. The van der Waals surface area contributed by atoms with E-state index in [2.05, 4.69) is 0 Å². The third-order valence-electron chi connectivity index (χ3n) is 5.46. The Morgan fingerprint density at radius 1 is 0.968 bits per heavy atom. The van der Waals surface area contributed by atoms with E-state index < -0.39 is 25.1 Å². The fraction of sp³-hybridized carbons (Fsp3) is 0.381. The quantitative estimate of drug-likeness (QED) is 0.602. The van der Waals surface area contributed by atoms with Gasteiger partial charge >= 0.3 is 0 Å². The highest BCUT2D eigenvalue weighted by molar-refractivity contribution is 7.92. The van der Waals surface area contributed by atoms with Gasteiger partial charge in [0.25, 0.3) is 5.91 Å². The number of rotatable bonds is 7.